The summed E-state index contributed by atoms with van der Waals surface area (Å²) in [5, 5.41) is 18.3. The van der Waals surface area contributed by atoms with Crippen molar-refractivity contribution in [3.8, 4) is 22.8 Å². The first-order valence-electron chi connectivity index (χ1n) is 11.8. The molecule has 0 amide bonds. The van der Waals surface area contributed by atoms with E-state index < -0.39 is 0 Å². The fourth-order valence-corrected chi connectivity index (χ4v) is 4.79. The number of phenols is 1. The number of pyridine rings is 1. The number of nitrogens with zero attached hydrogens (tertiary/aromatic N) is 4. The van der Waals surface area contributed by atoms with Crippen LogP contribution < -0.4 is 21.5 Å². The molecular weight excluding hydrogens is 478 g/mol. The van der Waals surface area contributed by atoms with Crippen LogP contribution in [-0.2, 0) is 0 Å². The van der Waals surface area contributed by atoms with Crippen molar-refractivity contribution in [2.75, 3.05) is 12.4 Å². The molecule has 36 heavy (non-hydrogen) atoms. The zero-order chi connectivity index (χ0) is 25.2. The Morgan fingerprint density at radius 3 is 2.78 bits per heavy atom. The number of hydrogen-bond donors (Lipinski definition) is 4. The lowest BCUT2D eigenvalue weighted by atomic mass is 9.91. The number of aromatic hydroxyl groups is 1. The fraction of sp³-hybridized carbons (Fsp3) is 0.269. The highest BCUT2D eigenvalue weighted by molar-refractivity contribution is 6.33. The Balaban J connectivity index is 1.60. The van der Waals surface area contributed by atoms with Gasteiger partial charge < -0.3 is 26.6 Å². The quantitative estimate of drug-likeness (QED) is 0.224. The van der Waals surface area contributed by atoms with E-state index in [4.69, 9.17) is 27.8 Å². The number of fused-ring (bicyclic) bond motifs is 1. The number of methoxy groups -OCH3 is 1. The molecule has 4 aromatic rings. The van der Waals surface area contributed by atoms with Gasteiger partial charge in [-0.2, -0.15) is 5.10 Å². The van der Waals surface area contributed by atoms with Crippen molar-refractivity contribution in [1.82, 2.24) is 14.6 Å². The van der Waals surface area contributed by atoms with Crippen LogP contribution >= 0.6 is 11.6 Å². The van der Waals surface area contributed by atoms with E-state index in [1.54, 1.807) is 25.6 Å². The Bertz CT molecular complexity index is 1420. The summed E-state index contributed by atoms with van der Waals surface area (Å²) >= 11 is 6.27. The molecule has 2 atom stereocenters. The number of nitrogens with two attached hydrogens (primary N) is 2. The van der Waals surface area contributed by atoms with E-state index in [1.807, 2.05) is 28.9 Å². The molecule has 186 valence electrons. The lowest BCUT2D eigenvalue weighted by Crippen LogP contribution is -2.35. The van der Waals surface area contributed by atoms with Gasteiger partial charge in [-0.1, -0.05) is 11.6 Å². The standard InChI is InChI=1S/C26H28ClN7O2/c1-36-24-8-5-15(12-30-24)16-9-23-25(32-18-4-2-3-17(28)10-18)20(13-31-34(23)14-16)26(29)33-22-7-6-19(35)11-21(22)27/h5-9,11-14,17-18,32,35H,2-4,10,28H2,1H3,(H2,29,33)/t17-,18-/m0/s1. The molecule has 1 fully saturated rings. The molecule has 3 aromatic heterocycles. The third kappa shape index (κ3) is 4.93. The Kier molecular flexibility index (Phi) is 6.67. The molecule has 0 aliphatic heterocycles. The summed E-state index contributed by atoms with van der Waals surface area (Å²) in [7, 11) is 1.59. The molecule has 5 rings (SSSR count). The molecular formula is C26H28ClN7O2. The van der Waals surface area contributed by atoms with E-state index in [1.165, 1.54) is 12.1 Å². The molecule has 9 nitrogen and oxygen atoms in total. The smallest absolute Gasteiger partial charge is 0.212 e. The van der Waals surface area contributed by atoms with Crippen molar-refractivity contribution in [3.63, 3.8) is 0 Å². The van der Waals surface area contributed by atoms with Gasteiger partial charge in [0.1, 0.15) is 11.6 Å². The number of nitrogens with one attached hydrogen (secondary N) is 1. The van der Waals surface area contributed by atoms with E-state index in [0.29, 0.717) is 22.2 Å². The number of hydrogen-bond acceptors (Lipinski definition) is 7. The van der Waals surface area contributed by atoms with Gasteiger partial charge in [-0.05, 0) is 49.9 Å². The Morgan fingerprint density at radius 2 is 2.06 bits per heavy atom. The maximum absolute atomic E-state index is 9.67. The normalized spacial score (nSPS) is 18.4. The average molecular weight is 506 g/mol. The first-order chi connectivity index (χ1) is 17.4. The molecule has 1 saturated carbocycles. The number of aromatic nitrogens is 3. The monoisotopic (exact) mass is 505 g/mol. The number of ether oxygens (including phenoxy) is 1. The van der Waals surface area contributed by atoms with E-state index >= 15 is 0 Å². The van der Waals surface area contributed by atoms with Crippen molar-refractivity contribution in [1.29, 1.82) is 0 Å². The van der Waals surface area contributed by atoms with Crippen molar-refractivity contribution >= 4 is 34.3 Å². The number of rotatable bonds is 6. The molecule has 1 aliphatic carbocycles. The van der Waals surface area contributed by atoms with Gasteiger partial charge in [-0.25, -0.2) is 14.5 Å². The minimum atomic E-state index is 0.0605. The Hall–Kier alpha value is -3.82. The summed E-state index contributed by atoms with van der Waals surface area (Å²) < 4.78 is 7.00. The van der Waals surface area contributed by atoms with Gasteiger partial charge in [0.05, 0.1) is 40.8 Å². The van der Waals surface area contributed by atoms with Crippen molar-refractivity contribution in [3.05, 3.63) is 65.6 Å². The molecule has 10 heteroatoms. The van der Waals surface area contributed by atoms with Crippen LogP contribution in [0.1, 0.15) is 31.2 Å². The summed E-state index contributed by atoms with van der Waals surface area (Å²) in [5.41, 5.74) is 17.4. The van der Waals surface area contributed by atoms with Crippen LogP contribution in [0.3, 0.4) is 0 Å². The van der Waals surface area contributed by atoms with Crippen LogP contribution in [0.15, 0.2) is 60.0 Å². The van der Waals surface area contributed by atoms with Crippen LogP contribution in [0.25, 0.3) is 16.6 Å². The van der Waals surface area contributed by atoms with Gasteiger partial charge in [-0.15, -0.1) is 0 Å². The Labute approximate surface area is 213 Å². The van der Waals surface area contributed by atoms with Crippen molar-refractivity contribution < 1.29 is 9.84 Å². The fourth-order valence-electron chi connectivity index (χ4n) is 4.57. The van der Waals surface area contributed by atoms with Crippen LogP contribution in [0.2, 0.25) is 5.02 Å². The number of phenolic OH excluding ortho intramolecular Hbond substituents is 1. The molecule has 0 radical (unpaired) electrons. The highest BCUT2D eigenvalue weighted by Crippen LogP contribution is 2.33. The highest BCUT2D eigenvalue weighted by Gasteiger charge is 2.23. The van der Waals surface area contributed by atoms with E-state index in [0.717, 1.165) is 48.0 Å². The van der Waals surface area contributed by atoms with Crippen LogP contribution in [0.4, 0.5) is 11.4 Å². The Morgan fingerprint density at radius 1 is 1.19 bits per heavy atom. The summed E-state index contributed by atoms with van der Waals surface area (Å²) in [6.07, 6.45) is 9.38. The van der Waals surface area contributed by atoms with Crippen LogP contribution in [0, 0.1) is 0 Å². The lowest BCUT2D eigenvalue weighted by Gasteiger charge is -2.29. The van der Waals surface area contributed by atoms with Crippen LogP contribution in [0.5, 0.6) is 11.6 Å². The van der Waals surface area contributed by atoms with E-state index in [-0.39, 0.29) is 23.7 Å². The largest absolute Gasteiger partial charge is 0.508 e. The molecule has 0 bridgehead atoms. The van der Waals surface area contributed by atoms with Gasteiger partial charge in [0.25, 0.3) is 0 Å². The maximum atomic E-state index is 9.67. The first-order valence-corrected chi connectivity index (χ1v) is 12.2. The van der Waals surface area contributed by atoms with Gasteiger partial charge in [0.2, 0.25) is 5.88 Å². The highest BCUT2D eigenvalue weighted by atomic mass is 35.5. The summed E-state index contributed by atoms with van der Waals surface area (Å²) in [4.78, 5) is 8.87. The van der Waals surface area contributed by atoms with Gasteiger partial charge in [0, 0.05) is 47.7 Å². The second kappa shape index (κ2) is 10.0. The summed E-state index contributed by atoms with van der Waals surface area (Å²) in [5.74, 6) is 0.871. The number of anilines is 1. The molecule has 0 saturated heterocycles. The molecule has 1 aromatic carbocycles. The molecule has 0 spiro atoms. The molecule has 1 aliphatic rings. The molecule has 0 unspecified atom stereocenters. The van der Waals surface area contributed by atoms with Crippen molar-refractivity contribution in [2.24, 2.45) is 16.5 Å². The summed E-state index contributed by atoms with van der Waals surface area (Å²) in [6.45, 7) is 0. The molecule has 6 N–H and O–H groups in total. The zero-order valence-electron chi connectivity index (χ0n) is 19.9. The third-order valence-electron chi connectivity index (χ3n) is 6.43. The second-order valence-corrected chi connectivity index (χ2v) is 9.39. The predicted octanol–water partition coefficient (Wildman–Crippen LogP) is 4.48. The second-order valence-electron chi connectivity index (χ2n) is 8.98. The maximum Gasteiger partial charge on any atom is 0.212 e. The van der Waals surface area contributed by atoms with Crippen molar-refractivity contribution in [2.45, 2.75) is 37.8 Å². The first kappa shape index (κ1) is 23.9. The predicted molar refractivity (Wildman–Crippen MR) is 142 cm³/mol. The van der Waals surface area contributed by atoms with Gasteiger partial charge in [0.15, 0.2) is 0 Å². The lowest BCUT2D eigenvalue weighted by molar-refractivity contribution is 0.398. The minimum Gasteiger partial charge on any atom is -0.508 e. The summed E-state index contributed by atoms with van der Waals surface area (Å²) in [6, 6.07) is 10.8. The average Bonchev–Trinajstić information content (AvgIpc) is 3.31. The SMILES string of the molecule is COc1ccc(-c2cc3c(N[C@H]4CCC[C@H](N)C4)c(C(N)=Nc4ccc(O)cc4Cl)cnn3c2)cn1. The zero-order valence-corrected chi connectivity index (χ0v) is 20.6. The van der Waals surface area contributed by atoms with Gasteiger partial charge >= 0.3 is 0 Å². The minimum absolute atomic E-state index is 0.0605. The number of amidine groups is 1. The number of benzene rings is 1. The molecule has 3 heterocycles. The third-order valence-corrected chi connectivity index (χ3v) is 6.73. The van der Waals surface area contributed by atoms with Gasteiger partial charge in [-0.3, -0.25) is 0 Å². The van der Waals surface area contributed by atoms with Crippen LogP contribution in [-0.4, -0.2) is 44.7 Å². The topological polar surface area (TPSA) is 136 Å². The number of aliphatic imine (C=N–C) groups is 1. The number of halogens is 1. The van der Waals surface area contributed by atoms with E-state index in [9.17, 15) is 5.11 Å². The van der Waals surface area contributed by atoms with E-state index in [2.05, 4.69) is 20.4 Å².